The van der Waals surface area contributed by atoms with Crippen LogP contribution in [0.1, 0.15) is 44.0 Å². The first-order valence-corrected chi connectivity index (χ1v) is 18.2. The number of hydrogen-bond donors (Lipinski definition) is 3. The van der Waals surface area contributed by atoms with Crippen LogP contribution in [0.4, 0.5) is 0 Å². The summed E-state index contributed by atoms with van der Waals surface area (Å²) >= 11 is 1.55. The second-order valence-electron chi connectivity index (χ2n) is 12.3. The molecule has 0 bridgehead atoms. The Balaban J connectivity index is 1.31. The highest BCUT2D eigenvalue weighted by atomic mass is 32.2. The highest BCUT2D eigenvalue weighted by Gasteiger charge is 2.45. The summed E-state index contributed by atoms with van der Waals surface area (Å²) in [7, 11) is -7.92. The van der Waals surface area contributed by atoms with Crippen molar-refractivity contribution >= 4 is 43.0 Å². The van der Waals surface area contributed by atoms with Crippen molar-refractivity contribution in [1.82, 2.24) is 19.9 Å². The van der Waals surface area contributed by atoms with Gasteiger partial charge in [0, 0.05) is 19.5 Å². The number of aliphatic hydroxyl groups is 1. The van der Waals surface area contributed by atoms with Crippen molar-refractivity contribution in [2.24, 2.45) is 5.41 Å². The molecule has 0 spiro atoms. The lowest BCUT2D eigenvalue weighted by atomic mass is 9.86. The standard InChI is InChI=1S/C30H36N4O7S3/c1-18-26(42-17-32-18)21-7-5-19(6-8-21)15-31-28(36)24-13-22(35)16-34(24)29(37)27(30(2,3)4)33-44(40,41)23-10-9-20-11-12-43(38,39)25(20)14-23/h5-10,14,17,22,24,27,33,35H,11-13,15-16H2,1-4H3,(H,31,36)/t22-,24+,27+/m1/s1. The van der Waals surface area contributed by atoms with Gasteiger partial charge in [-0.1, -0.05) is 51.1 Å². The number of sulfonamides is 1. The van der Waals surface area contributed by atoms with E-state index in [-0.39, 0.29) is 35.1 Å². The minimum atomic E-state index is -4.34. The van der Waals surface area contributed by atoms with Crippen LogP contribution in [0.3, 0.4) is 0 Å². The lowest BCUT2D eigenvalue weighted by molar-refractivity contribution is -0.141. The Morgan fingerprint density at radius 3 is 2.50 bits per heavy atom. The number of β-amino-alcohol motifs (C(OH)–C–C–N with tert-alkyl or cyclic N) is 1. The number of amides is 2. The van der Waals surface area contributed by atoms with Crippen molar-refractivity contribution in [1.29, 1.82) is 0 Å². The summed E-state index contributed by atoms with van der Waals surface area (Å²) in [6, 6.07) is 9.33. The molecule has 0 radical (unpaired) electrons. The van der Waals surface area contributed by atoms with E-state index >= 15 is 0 Å². The van der Waals surface area contributed by atoms with Crippen LogP contribution < -0.4 is 10.0 Å². The van der Waals surface area contributed by atoms with E-state index in [9.17, 15) is 31.5 Å². The van der Waals surface area contributed by atoms with Gasteiger partial charge in [-0.2, -0.15) is 4.72 Å². The van der Waals surface area contributed by atoms with E-state index in [0.29, 0.717) is 12.0 Å². The van der Waals surface area contributed by atoms with Gasteiger partial charge in [0.05, 0.1) is 37.7 Å². The third-order valence-corrected chi connectivity index (χ3v) is 12.2. The van der Waals surface area contributed by atoms with E-state index in [0.717, 1.165) is 27.8 Å². The molecule has 2 aromatic carbocycles. The van der Waals surface area contributed by atoms with Gasteiger partial charge in [0.25, 0.3) is 0 Å². The molecular weight excluding hydrogens is 625 g/mol. The number of fused-ring (bicyclic) bond motifs is 1. The molecule has 1 aromatic heterocycles. The summed E-state index contributed by atoms with van der Waals surface area (Å²) in [6.07, 6.45) is -0.642. The van der Waals surface area contributed by atoms with Crippen molar-refractivity contribution in [3.63, 3.8) is 0 Å². The van der Waals surface area contributed by atoms with E-state index in [1.54, 1.807) is 37.6 Å². The first-order chi connectivity index (χ1) is 20.6. The number of hydrogen-bond acceptors (Lipinski definition) is 9. The van der Waals surface area contributed by atoms with Crippen molar-refractivity contribution in [3.8, 4) is 10.4 Å². The molecule has 0 unspecified atom stereocenters. The molecule has 44 heavy (non-hydrogen) atoms. The Morgan fingerprint density at radius 2 is 1.86 bits per heavy atom. The molecule has 0 aliphatic carbocycles. The first kappa shape index (κ1) is 32.2. The summed E-state index contributed by atoms with van der Waals surface area (Å²) < 4.78 is 54.2. The maximum atomic E-state index is 13.9. The van der Waals surface area contributed by atoms with Gasteiger partial charge < -0.3 is 15.3 Å². The van der Waals surface area contributed by atoms with E-state index in [1.165, 1.54) is 17.0 Å². The highest BCUT2D eigenvalue weighted by molar-refractivity contribution is 7.92. The van der Waals surface area contributed by atoms with Crippen LogP contribution in [0.2, 0.25) is 0 Å². The summed E-state index contributed by atoms with van der Waals surface area (Å²) in [5.74, 6) is -1.20. The minimum absolute atomic E-state index is 0.00740. The van der Waals surface area contributed by atoms with Crippen molar-refractivity contribution in [3.05, 3.63) is 64.8 Å². The van der Waals surface area contributed by atoms with Crippen LogP contribution in [-0.4, -0.2) is 74.1 Å². The zero-order valence-corrected chi connectivity index (χ0v) is 27.4. The van der Waals surface area contributed by atoms with Crippen LogP contribution in [-0.2, 0) is 42.4 Å². The molecule has 14 heteroatoms. The number of carbonyl (C=O) groups excluding carboxylic acids is 2. The molecule has 3 atom stereocenters. The van der Waals surface area contributed by atoms with Crippen LogP contribution in [0.5, 0.6) is 0 Å². The third kappa shape index (κ3) is 6.59. The molecular formula is C30H36N4O7S3. The van der Waals surface area contributed by atoms with Crippen LogP contribution >= 0.6 is 11.3 Å². The second kappa shape index (κ2) is 12.0. The molecule has 1 fully saturated rings. The van der Waals surface area contributed by atoms with E-state index in [2.05, 4.69) is 15.0 Å². The first-order valence-electron chi connectivity index (χ1n) is 14.2. The van der Waals surface area contributed by atoms with Gasteiger partial charge in [-0.3, -0.25) is 9.59 Å². The van der Waals surface area contributed by atoms with Crippen molar-refractivity contribution in [2.75, 3.05) is 12.3 Å². The average molecular weight is 661 g/mol. The van der Waals surface area contributed by atoms with Crippen molar-refractivity contribution in [2.45, 2.75) is 75.1 Å². The minimum Gasteiger partial charge on any atom is -0.391 e. The molecule has 3 heterocycles. The fourth-order valence-corrected chi connectivity index (χ4v) is 9.40. The number of nitrogens with one attached hydrogen (secondary N) is 2. The number of thiazole rings is 1. The quantitative estimate of drug-likeness (QED) is 0.332. The predicted molar refractivity (Wildman–Crippen MR) is 166 cm³/mol. The number of aliphatic hydroxyl groups excluding tert-OH is 1. The Kier molecular flexibility index (Phi) is 8.77. The van der Waals surface area contributed by atoms with E-state index < -0.39 is 55.3 Å². The normalized spacial score (nSPS) is 20.3. The zero-order chi connectivity index (χ0) is 32.0. The molecule has 2 aliphatic heterocycles. The zero-order valence-electron chi connectivity index (χ0n) is 24.9. The molecule has 5 rings (SSSR count). The second-order valence-corrected chi connectivity index (χ2v) is 17.0. The monoisotopic (exact) mass is 660 g/mol. The van der Waals surface area contributed by atoms with Gasteiger partial charge in [0.15, 0.2) is 9.84 Å². The summed E-state index contributed by atoms with van der Waals surface area (Å²) in [5.41, 5.74) is 4.22. The van der Waals surface area contributed by atoms with Gasteiger partial charge in [-0.05, 0) is 47.6 Å². The van der Waals surface area contributed by atoms with Gasteiger partial charge >= 0.3 is 0 Å². The number of aromatic nitrogens is 1. The molecule has 0 saturated carbocycles. The largest absolute Gasteiger partial charge is 0.391 e. The maximum Gasteiger partial charge on any atom is 0.243 e. The lowest BCUT2D eigenvalue weighted by Crippen LogP contribution is -2.57. The average Bonchev–Trinajstić information content (AvgIpc) is 3.66. The highest BCUT2D eigenvalue weighted by Crippen LogP contribution is 2.31. The van der Waals surface area contributed by atoms with Gasteiger partial charge in [-0.15, -0.1) is 11.3 Å². The van der Waals surface area contributed by atoms with Crippen LogP contribution in [0.15, 0.2) is 57.8 Å². The SMILES string of the molecule is Cc1ncsc1-c1ccc(CNC(=O)[C@@H]2C[C@@H](O)CN2C(=O)[C@H](NS(=O)(=O)c2ccc3c(c2)S(=O)(=O)CC3)C(C)(C)C)cc1. The van der Waals surface area contributed by atoms with Gasteiger partial charge in [0.2, 0.25) is 21.8 Å². The van der Waals surface area contributed by atoms with Crippen LogP contribution in [0, 0.1) is 12.3 Å². The van der Waals surface area contributed by atoms with Crippen LogP contribution in [0.25, 0.3) is 10.4 Å². The van der Waals surface area contributed by atoms with E-state index in [4.69, 9.17) is 0 Å². The number of nitrogens with zero attached hydrogens (tertiary/aromatic N) is 2. The smallest absolute Gasteiger partial charge is 0.243 e. The summed E-state index contributed by atoms with van der Waals surface area (Å²) in [5, 5.41) is 13.3. The fourth-order valence-electron chi connectivity index (χ4n) is 5.50. The number of carbonyl (C=O) groups is 2. The molecule has 236 valence electrons. The Labute approximate surface area is 261 Å². The topological polar surface area (TPSA) is 163 Å². The van der Waals surface area contributed by atoms with Gasteiger partial charge in [0.1, 0.15) is 12.1 Å². The Bertz CT molecular complexity index is 1800. The third-order valence-electron chi connectivity index (χ3n) is 8.00. The Morgan fingerprint density at radius 1 is 1.16 bits per heavy atom. The van der Waals surface area contributed by atoms with E-state index in [1.807, 2.05) is 31.2 Å². The predicted octanol–water partition coefficient (Wildman–Crippen LogP) is 2.42. The summed E-state index contributed by atoms with van der Waals surface area (Å²) in [6.45, 7) is 7.06. The van der Waals surface area contributed by atoms with Crippen molar-refractivity contribution < 1.29 is 31.5 Å². The number of benzene rings is 2. The number of rotatable bonds is 8. The number of aryl methyl sites for hydroxylation is 2. The molecule has 3 aromatic rings. The molecule has 2 amide bonds. The fraction of sp³-hybridized carbons (Fsp3) is 0.433. The number of likely N-dealkylation sites (tertiary alicyclic amines) is 1. The summed E-state index contributed by atoms with van der Waals surface area (Å²) in [4.78, 5) is 33.5. The molecule has 1 saturated heterocycles. The van der Waals surface area contributed by atoms with Gasteiger partial charge in [-0.25, -0.2) is 21.8 Å². The maximum absolute atomic E-state index is 13.9. The Hall–Kier alpha value is -3.17. The molecule has 11 nitrogen and oxygen atoms in total. The molecule has 3 N–H and O–H groups in total. The molecule has 2 aliphatic rings. The lowest BCUT2D eigenvalue weighted by Gasteiger charge is -2.35. The number of sulfone groups is 1.